The summed E-state index contributed by atoms with van der Waals surface area (Å²) in [6, 6.07) is 17.6. The summed E-state index contributed by atoms with van der Waals surface area (Å²) in [6.45, 7) is 14.7. The average molecular weight is 1120 g/mol. The van der Waals surface area contributed by atoms with Crippen LogP contribution in [0.1, 0.15) is 127 Å². The van der Waals surface area contributed by atoms with Gasteiger partial charge in [-0.1, -0.05) is 45.8 Å². The summed E-state index contributed by atoms with van der Waals surface area (Å²) in [5.41, 5.74) is 5.82. The van der Waals surface area contributed by atoms with E-state index in [1.165, 1.54) is 12.1 Å². The third-order valence-electron chi connectivity index (χ3n) is 13.3. The predicted octanol–water partition coefficient (Wildman–Crippen LogP) is 5.63. The van der Waals surface area contributed by atoms with Crippen LogP contribution in [0, 0.1) is 0 Å². The van der Waals surface area contributed by atoms with Gasteiger partial charge in [-0.25, -0.2) is 9.97 Å². The number of anilines is 1. The number of hydrogen-bond donors (Lipinski definition) is 7. The molecule has 0 unspecified atom stereocenters. The molecule has 0 fully saturated rings. The first-order valence-corrected chi connectivity index (χ1v) is 30.0. The van der Waals surface area contributed by atoms with E-state index in [1.54, 1.807) is 32.0 Å². The van der Waals surface area contributed by atoms with Crippen LogP contribution in [0.15, 0.2) is 84.6 Å². The van der Waals surface area contributed by atoms with Gasteiger partial charge in [-0.2, -0.15) is 29.8 Å². The lowest BCUT2D eigenvalue weighted by Crippen LogP contribution is -2.32. The summed E-state index contributed by atoms with van der Waals surface area (Å²) >= 11 is 0. The number of nitrogens with one attached hydrogen (secondary N) is 4. The van der Waals surface area contributed by atoms with Crippen molar-refractivity contribution in [2.45, 2.75) is 85.0 Å². The molecule has 4 aromatic rings. The van der Waals surface area contributed by atoms with Crippen molar-refractivity contribution in [1.29, 1.82) is 0 Å². The molecule has 2 aromatic heterocycles. The lowest BCUT2D eigenvalue weighted by Gasteiger charge is -2.27. The van der Waals surface area contributed by atoms with E-state index in [2.05, 4.69) is 75.1 Å². The second-order valence-electron chi connectivity index (χ2n) is 19.7. The summed E-state index contributed by atoms with van der Waals surface area (Å²) in [5, 5.41) is 10.3. The molecule has 7 N–H and O–H groups in total. The molecule has 2 aromatic carbocycles. The van der Waals surface area contributed by atoms with Crippen molar-refractivity contribution >= 4 is 71.1 Å². The van der Waals surface area contributed by atoms with E-state index in [4.69, 9.17) is 0 Å². The van der Waals surface area contributed by atoms with Crippen molar-refractivity contribution < 1.29 is 62.7 Å². The Kier molecular flexibility index (Phi) is 18.8. The molecule has 0 saturated heterocycles. The Labute approximate surface area is 450 Å². The van der Waals surface area contributed by atoms with E-state index in [1.807, 2.05) is 48.8 Å². The molecule has 21 nitrogen and oxygen atoms in total. The highest BCUT2D eigenvalue weighted by atomic mass is 32.2. The molecule has 0 bridgehead atoms. The monoisotopic (exact) mass is 1120 g/mol. The van der Waals surface area contributed by atoms with Gasteiger partial charge >= 0.3 is 0 Å². The lowest BCUT2D eigenvalue weighted by molar-refractivity contribution is -0.437. The number of carbonyl (C=O) groups is 4. The molecule has 4 heterocycles. The van der Waals surface area contributed by atoms with Crippen LogP contribution in [0.3, 0.4) is 0 Å². The van der Waals surface area contributed by atoms with Gasteiger partial charge in [-0.05, 0) is 117 Å². The Morgan fingerprint density at radius 1 is 0.584 bits per heavy atom. The maximum atomic E-state index is 13.3. The van der Waals surface area contributed by atoms with Crippen LogP contribution in [0.2, 0.25) is 0 Å². The molecule has 0 radical (unpaired) electrons. The van der Waals surface area contributed by atoms with E-state index in [0.717, 1.165) is 59.6 Å². The first kappa shape index (κ1) is 59.5. The summed E-state index contributed by atoms with van der Waals surface area (Å²) in [4.78, 5) is 63.7. The summed E-state index contributed by atoms with van der Waals surface area (Å²) in [5.74, 6) is -4.65. The molecule has 4 amide bonds. The number of amides is 4. The third kappa shape index (κ3) is 14.9. The molecule has 0 spiro atoms. The van der Waals surface area contributed by atoms with Crippen LogP contribution in [-0.2, 0) is 41.2 Å². The molecule has 414 valence electrons. The van der Waals surface area contributed by atoms with E-state index in [9.17, 15) is 58.1 Å². The number of pyridine rings is 2. The highest BCUT2D eigenvalue weighted by molar-refractivity contribution is 7.86. The van der Waals surface area contributed by atoms with Gasteiger partial charge in [-0.15, -0.1) is 0 Å². The van der Waals surface area contributed by atoms with Crippen LogP contribution in [-0.4, -0.2) is 139 Å². The van der Waals surface area contributed by atoms with Gasteiger partial charge in [0.1, 0.15) is 29.3 Å². The standard InChI is InChI=1S/C53H66N8O13S3/c1-8-11-12-23-60-44-19-17-34(36-30-40(48(62)54-9-2)58-41(31-36)49(63)55-10-3)28-38(44)52(4,5)46(60)15-13-16-47-53(6,7)39-29-35(18-20-45(39)61(47)24-14-25-75(66,67)68)37-32-42(50(64)56-21-26-76(69,70)71)59-43(33-37)51(65)57-22-27-77(72,73)74/h13,15-20,28-33H,8-12,14,21-27H2,1-7H3,(H6-,54,55,56,57,62,63,64,65,66,67,68,69,70,71,72,73,74)/p+1. The maximum Gasteiger partial charge on any atom is 0.269 e. The normalized spacial score (nSPS) is 15.4. The fourth-order valence-electron chi connectivity index (χ4n) is 9.48. The average Bonchev–Trinajstić information content (AvgIpc) is 3.71. The highest BCUT2D eigenvalue weighted by Gasteiger charge is 2.45. The number of carbonyl (C=O) groups excluding carboxylic acids is 4. The zero-order valence-corrected chi connectivity index (χ0v) is 46.6. The number of aromatic nitrogens is 2. The Bertz CT molecular complexity index is 3300. The van der Waals surface area contributed by atoms with E-state index in [-0.39, 0.29) is 35.7 Å². The quantitative estimate of drug-likeness (QED) is 0.0254. The van der Waals surface area contributed by atoms with Crippen LogP contribution in [0.25, 0.3) is 22.3 Å². The van der Waals surface area contributed by atoms with Gasteiger partial charge in [0, 0.05) is 73.6 Å². The fraction of sp³-hybridized carbons (Fsp3) is 0.415. The molecule has 0 atom stereocenters. The Hall–Kier alpha value is -6.70. The van der Waals surface area contributed by atoms with Crippen LogP contribution >= 0.6 is 0 Å². The Morgan fingerprint density at radius 2 is 1.05 bits per heavy atom. The smallest absolute Gasteiger partial charge is 0.269 e. The second kappa shape index (κ2) is 24.3. The van der Waals surface area contributed by atoms with E-state index in [0.29, 0.717) is 35.5 Å². The van der Waals surface area contributed by atoms with Gasteiger partial charge < -0.3 is 26.2 Å². The first-order valence-electron chi connectivity index (χ1n) is 25.2. The van der Waals surface area contributed by atoms with Gasteiger partial charge in [0.05, 0.1) is 22.7 Å². The molecular weight excluding hydrogens is 1050 g/mol. The number of hydrogen-bond acceptors (Lipinski definition) is 13. The minimum Gasteiger partial charge on any atom is -0.351 e. The molecule has 24 heteroatoms. The number of nitrogens with zero attached hydrogens (tertiary/aromatic N) is 4. The third-order valence-corrected chi connectivity index (χ3v) is 15.5. The van der Waals surface area contributed by atoms with Crippen molar-refractivity contribution in [1.82, 2.24) is 31.2 Å². The van der Waals surface area contributed by atoms with Crippen molar-refractivity contribution in [2.75, 3.05) is 61.4 Å². The molecule has 2 aliphatic rings. The summed E-state index contributed by atoms with van der Waals surface area (Å²) in [7, 11) is -13.2. The van der Waals surface area contributed by atoms with Crippen molar-refractivity contribution in [3.63, 3.8) is 0 Å². The van der Waals surface area contributed by atoms with Gasteiger partial charge in [0.25, 0.3) is 54.0 Å². The maximum absolute atomic E-state index is 13.3. The summed E-state index contributed by atoms with van der Waals surface area (Å²) in [6.07, 6.45) is 8.96. The number of allylic oxidation sites excluding steroid dienone is 4. The summed E-state index contributed by atoms with van der Waals surface area (Å²) < 4.78 is 99.6. The predicted molar refractivity (Wildman–Crippen MR) is 294 cm³/mol. The van der Waals surface area contributed by atoms with Gasteiger partial charge in [0.2, 0.25) is 5.69 Å². The van der Waals surface area contributed by atoms with Crippen LogP contribution in [0.5, 0.6) is 0 Å². The Morgan fingerprint density at radius 3 is 1.52 bits per heavy atom. The first-order chi connectivity index (χ1) is 36.1. The van der Waals surface area contributed by atoms with Crippen molar-refractivity contribution in [2.24, 2.45) is 0 Å². The minimum absolute atomic E-state index is 0.0634. The van der Waals surface area contributed by atoms with E-state index >= 15 is 0 Å². The molecule has 2 aliphatic heterocycles. The number of rotatable bonds is 24. The SMILES string of the molecule is CCCCCN1/C(=C/C=C/C2=[N+](CCCS(=O)(=O)O)c3ccc(-c4cc(C(=O)NCCS(=O)(=O)O)nc(C(=O)NCCS(=O)(=O)O)c4)cc3C2(C)C)C(C)(C)c2cc(-c3cc(C(=O)NCC)nc(C(=O)NCC)c3)ccc21. The molecule has 6 rings (SSSR count). The zero-order valence-electron chi connectivity index (χ0n) is 44.1. The largest absolute Gasteiger partial charge is 0.351 e. The molecule has 0 aliphatic carbocycles. The topological polar surface area (TPSA) is 312 Å². The molecule has 77 heavy (non-hydrogen) atoms. The van der Waals surface area contributed by atoms with Crippen molar-refractivity contribution in [3.8, 4) is 22.3 Å². The Balaban J connectivity index is 1.42. The molecule has 0 saturated carbocycles. The molecular formula is C53H67N8O13S3+. The number of unbranched alkanes of at least 4 members (excludes halogenated alkanes) is 2. The van der Waals surface area contributed by atoms with Gasteiger partial charge in [-0.3, -0.25) is 32.8 Å². The highest BCUT2D eigenvalue weighted by Crippen LogP contribution is 2.49. The van der Waals surface area contributed by atoms with E-state index < -0.39 is 95.2 Å². The fourth-order valence-corrected chi connectivity index (χ4v) is 10.7. The number of fused-ring (bicyclic) bond motifs is 2. The van der Waals surface area contributed by atoms with Crippen LogP contribution < -0.4 is 26.2 Å². The minimum atomic E-state index is -4.44. The van der Waals surface area contributed by atoms with Gasteiger partial charge in [0.15, 0.2) is 5.71 Å². The van der Waals surface area contributed by atoms with Crippen LogP contribution in [0.4, 0.5) is 11.4 Å². The lowest BCUT2D eigenvalue weighted by atomic mass is 9.80. The van der Waals surface area contributed by atoms with Crippen molar-refractivity contribution in [3.05, 3.63) is 118 Å². The number of benzene rings is 2. The second-order valence-corrected chi connectivity index (χ2v) is 24.4. The zero-order chi connectivity index (χ0) is 56.7.